The van der Waals surface area contributed by atoms with Crippen molar-refractivity contribution in [1.82, 2.24) is 5.32 Å². The second kappa shape index (κ2) is 4.84. The molecule has 16 heavy (non-hydrogen) atoms. The largest absolute Gasteiger partial charge is 0.439 e. The summed E-state index contributed by atoms with van der Waals surface area (Å²) in [6.07, 6.45) is 0. The maximum absolute atomic E-state index is 12.0. The molecule has 0 spiro atoms. The highest BCUT2D eigenvalue weighted by Crippen LogP contribution is 2.26. The van der Waals surface area contributed by atoms with Gasteiger partial charge in [-0.25, -0.2) is 4.79 Å². The van der Waals surface area contributed by atoms with Gasteiger partial charge >= 0.3 is 5.97 Å². The van der Waals surface area contributed by atoms with E-state index in [1.165, 1.54) is 0 Å². The molecule has 1 saturated heterocycles. The first-order valence-corrected chi connectivity index (χ1v) is 7.78. The fraction of sp³-hybridized carbons (Fsp3) is 0.300. The maximum Gasteiger partial charge on any atom is 0.341 e. The number of rotatable bonds is 2. The molecule has 86 valence electrons. The minimum atomic E-state index is -0.452. The van der Waals surface area contributed by atoms with E-state index >= 15 is 0 Å². The van der Waals surface area contributed by atoms with E-state index in [2.05, 4.69) is 73.1 Å². The number of hydrogen-bond acceptors (Lipinski definition) is 3. The average Bonchev–Trinajstić information content (AvgIpc) is 2.89. The van der Waals surface area contributed by atoms with E-state index in [9.17, 15) is 4.79 Å². The molecular formula is C10H8I3NO2. The quantitative estimate of drug-likeness (QED) is 0.265. The molecule has 0 saturated carbocycles. The van der Waals surface area contributed by atoms with Crippen LogP contribution in [0.3, 0.4) is 0 Å². The van der Waals surface area contributed by atoms with Crippen molar-refractivity contribution in [1.29, 1.82) is 0 Å². The van der Waals surface area contributed by atoms with Gasteiger partial charge in [-0.3, -0.25) is 5.32 Å². The van der Waals surface area contributed by atoms with Crippen LogP contribution in [-0.2, 0) is 4.74 Å². The predicted octanol–water partition coefficient (Wildman–Crippen LogP) is 2.98. The highest BCUT2D eigenvalue weighted by atomic mass is 127. The first-order valence-electron chi connectivity index (χ1n) is 4.54. The topological polar surface area (TPSA) is 48.2 Å². The monoisotopic (exact) mass is 555 g/mol. The van der Waals surface area contributed by atoms with E-state index in [0.717, 1.165) is 17.3 Å². The van der Waals surface area contributed by atoms with Crippen LogP contribution in [0.5, 0.6) is 0 Å². The van der Waals surface area contributed by atoms with Crippen LogP contribution in [0.1, 0.15) is 17.3 Å². The van der Waals surface area contributed by atoms with Crippen LogP contribution in [0.25, 0.3) is 0 Å². The van der Waals surface area contributed by atoms with Gasteiger partial charge in [-0.2, -0.15) is 0 Å². The minimum absolute atomic E-state index is 0.256. The number of benzene rings is 1. The lowest BCUT2D eigenvalue weighted by Crippen LogP contribution is -2.21. The van der Waals surface area contributed by atoms with E-state index in [1.807, 2.05) is 19.1 Å². The summed E-state index contributed by atoms with van der Waals surface area (Å²) in [7, 11) is 0. The highest BCUT2D eigenvalue weighted by molar-refractivity contribution is 14.1. The Balaban J connectivity index is 2.28. The standard InChI is InChI=1S/C10H8I3NO2/c1-10(4-14-10)16-9(15)6-2-5(11)3-7(12)8(6)13/h2-3,14H,4H2,1H3. The Hall–Kier alpha value is 0.840. The molecule has 0 amide bonds. The van der Waals surface area contributed by atoms with Gasteiger partial charge in [0.1, 0.15) is 0 Å². The van der Waals surface area contributed by atoms with Gasteiger partial charge in [-0.05, 0) is 86.8 Å². The fourth-order valence-electron chi connectivity index (χ4n) is 1.16. The Morgan fingerprint density at radius 1 is 1.44 bits per heavy atom. The van der Waals surface area contributed by atoms with Gasteiger partial charge in [0.15, 0.2) is 5.72 Å². The SMILES string of the molecule is CC1(OC(=O)c2cc(I)cc(I)c2I)CN1. The van der Waals surface area contributed by atoms with Crippen molar-refractivity contribution in [2.24, 2.45) is 0 Å². The highest BCUT2D eigenvalue weighted by Gasteiger charge is 2.41. The lowest BCUT2D eigenvalue weighted by Gasteiger charge is -2.11. The summed E-state index contributed by atoms with van der Waals surface area (Å²) in [5.41, 5.74) is 0.194. The summed E-state index contributed by atoms with van der Waals surface area (Å²) in [5.74, 6) is -0.256. The second-order valence-corrected chi connectivity index (χ2v) is 7.21. The lowest BCUT2D eigenvalue weighted by atomic mass is 10.2. The van der Waals surface area contributed by atoms with Crippen LogP contribution >= 0.6 is 67.8 Å². The molecule has 3 nitrogen and oxygen atoms in total. The number of nitrogens with one attached hydrogen (secondary N) is 1. The molecule has 1 unspecified atom stereocenters. The number of hydrogen-bond donors (Lipinski definition) is 1. The third kappa shape index (κ3) is 2.99. The van der Waals surface area contributed by atoms with Crippen molar-refractivity contribution in [2.75, 3.05) is 6.54 Å². The van der Waals surface area contributed by atoms with Gasteiger partial charge in [0, 0.05) is 10.7 Å². The van der Waals surface area contributed by atoms with Crippen LogP contribution in [0.4, 0.5) is 0 Å². The van der Waals surface area contributed by atoms with Crippen LogP contribution in [-0.4, -0.2) is 18.2 Å². The van der Waals surface area contributed by atoms with Crippen molar-refractivity contribution in [3.63, 3.8) is 0 Å². The number of carbonyl (C=O) groups excluding carboxylic acids is 1. The van der Waals surface area contributed by atoms with Crippen molar-refractivity contribution in [3.8, 4) is 0 Å². The Bertz CT molecular complexity index is 458. The van der Waals surface area contributed by atoms with E-state index in [-0.39, 0.29) is 5.97 Å². The summed E-state index contributed by atoms with van der Waals surface area (Å²) in [5, 5.41) is 3.01. The molecule has 1 N–H and O–H groups in total. The van der Waals surface area contributed by atoms with Crippen LogP contribution < -0.4 is 5.32 Å². The summed E-state index contributed by atoms with van der Waals surface area (Å²) in [6.45, 7) is 2.60. The van der Waals surface area contributed by atoms with Crippen molar-refractivity contribution in [3.05, 3.63) is 28.4 Å². The van der Waals surface area contributed by atoms with Gasteiger partial charge in [0.05, 0.1) is 12.1 Å². The molecule has 2 rings (SSSR count). The van der Waals surface area contributed by atoms with Crippen LogP contribution in [0, 0.1) is 10.7 Å². The molecule has 1 fully saturated rings. The molecule has 1 heterocycles. The van der Waals surface area contributed by atoms with Gasteiger partial charge < -0.3 is 4.74 Å². The molecule has 1 aliphatic heterocycles. The smallest absolute Gasteiger partial charge is 0.341 e. The van der Waals surface area contributed by atoms with Gasteiger partial charge in [0.25, 0.3) is 0 Å². The summed E-state index contributed by atoms with van der Waals surface area (Å²) >= 11 is 6.61. The predicted molar refractivity (Wildman–Crippen MR) is 86.4 cm³/mol. The minimum Gasteiger partial charge on any atom is -0.439 e. The molecular weight excluding hydrogens is 547 g/mol. The molecule has 1 aromatic carbocycles. The van der Waals surface area contributed by atoms with Gasteiger partial charge in [-0.1, -0.05) is 0 Å². The van der Waals surface area contributed by atoms with E-state index in [0.29, 0.717) is 5.56 Å². The molecule has 1 aromatic rings. The zero-order valence-corrected chi connectivity index (χ0v) is 14.8. The number of esters is 1. The fourth-order valence-corrected chi connectivity index (χ4v) is 3.54. The van der Waals surface area contributed by atoms with Crippen molar-refractivity contribution >= 4 is 73.7 Å². The van der Waals surface area contributed by atoms with Crippen LogP contribution in [0.15, 0.2) is 12.1 Å². The molecule has 0 radical (unpaired) electrons. The first-order chi connectivity index (χ1) is 7.41. The zero-order chi connectivity index (χ0) is 11.9. The normalized spacial score (nSPS) is 23.0. The zero-order valence-electron chi connectivity index (χ0n) is 8.31. The van der Waals surface area contributed by atoms with Gasteiger partial charge in [-0.15, -0.1) is 0 Å². The summed E-state index contributed by atoms with van der Waals surface area (Å²) in [4.78, 5) is 12.0. The molecule has 0 aromatic heterocycles. The molecule has 0 bridgehead atoms. The van der Waals surface area contributed by atoms with E-state index in [1.54, 1.807) is 0 Å². The Labute approximate surface area is 134 Å². The molecule has 0 aliphatic carbocycles. The third-order valence-electron chi connectivity index (χ3n) is 2.21. The van der Waals surface area contributed by atoms with Crippen LogP contribution in [0.2, 0.25) is 0 Å². The number of halogens is 3. The second-order valence-electron chi connectivity index (χ2n) is 3.72. The van der Waals surface area contributed by atoms with E-state index in [4.69, 9.17) is 4.74 Å². The molecule has 6 heteroatoms. The van der Waals surface area contributed by atoms with E-state index < -0.39 is 5.72 Å². The Kier molecular flexibility index (Phi) is 4.02. The first kappa shape index (κ1) is 13.3. The molecule has 1 aliphatic rings. The maximum atomic E-state index is 12.0. The van der Waals surface area contributed by atoms with Gasteiger partial charge in [0.2, 0.25) is 0 Å². The average molecular weight is 555 g/mol. The number of ether oxygens (including phenoxy) is 1. The molecule has 1 atom stereocenters. The van der Waals surface area contributed by atoms with Crippen molar-refractivity contribution < 1.29 is 9.53 Å². The third-order valence-corrected chi connectivity index (χ3v) is 5.87. The lowest BCUT2D eigenvalue weighted by molar-refractivity contribution is 0.0263. The van der Waals surface area contributed by atoms with Crippen molar-refractivity contribution in [2.45, 2.75) is 12.6 Å². The summed E-state index contributed by atoms with van der Waals surface area (Å²) < 4.78 is 8.44. The number of carbonyl (C=O) groups is 1. The summed E-state index contributed by atoms with van der Waals surface area (Å²) in [6, 6.07) is 3.90. The Morgan fingerprint density at radius 3 is 2.62 bits per heavy atom. The Morgan fingerprint density at radius 2 is 2.06 bits per heavy atom.